The monoisotopic (exact) mass is 199 g/mol. The van der Waals surface area contributed by atoms with Crippen LogP contribution < -0.4 is 5.32 Å². The summed E-state index contributed by atoms with van der Waals surface area (Å²) in [5.41, 5.74) is 1.99. The Balaban J connectivity index is 3.05. The molecule has 0 saturated heterocycles. The summed E-state index contributed by atoms with van der Waals surface area (Å²) in [6.07, 6.45) is 0. The smallest absolute Gasteiger partial charge is 0.0626 e. The van der Waals surface area contributed by atoms with Gasteiger partial charge in [-0.05, 0) is 25.1 Å². The molecule has 3 heteroatoms. The second-order valence-corrected chi connectivity index (χ2v) is 3.38. The predicted molar refractivity (Wildman–Crippen MR) is 55.1 cm³/mol. The molecule has 0 heterocycles. The highest BCUT2D eigenvalue weighted by molar-refractivity contribution is 6.32. The fraction of sp³-hybridized carbons (Fsp3) is 0.400. The Hall–Kier alpha value is -0.570. The Morgan fingerprint density at radius 2 is 2.23 bits per heavy atom. The van der Waals surface area contributed by atoms with E-state index in [9.17, 15) is 0 Å². The van der Waals surface area contributed by atoms with E-state index >= 15 is 0 Å². The average Bonchev–Trinajstić information content (AvgIpc) is 2.14. The van der Waals surface area contributed by atoms with E-state index in [0.717, 1.165) is 16.1 Å². The maximum atomic E-state index is 9.07. The molecule has 0 aliphatic carbocycles. The van der Waals surface area contributed by atoms with E-state index in [1.807, 2.05) is 25.1 Å². The summed E-state index contributed by atoms with van der Waals surface area (Å²) in [5.74, 6) is 0. The van der Waals surface area contributed by atoms with Gasteiger partial charge in [-0.3, -0.25) is 0 Å². The minimum absolute atomic E-state index is 0.0552. The van der Waals surface area contributed by atoms with E-state index < -0.39 is 0 Å². The van der Waals surface area contributed by atoms with Crippen molar-refractivity contribution in [3.8, 4) is 0 Å². The highest BCUT2D eigenvalue weighted by Gasteiger charge is 2.11. The Labute approximate surface area is 83.5 Å². The molecule has 0 aliphatic heterocycles. The highest BCUT2D eigenvalue weighted by atomic mass is 35.5. The lowest BCUT2D eigenvalue weighted by molar-refractivity contribution is 0.251. The maximum Gasteiger partial charge on any atom is 0.0626 e. The average molecular weight is 200 g/mol. The van der Waals surface area contributed by atoms with E-state index in [-0.39, 0.29) is 12.6 Å². The number of aryl methyl sites for hydroxylation is 1. The van der Waals surface area contributed by atoms with Crippen LogP contribution in [0.25, 0.3) is 0 Å². The van der Waals surface area contributed by atoms with E-state index in [0.29, 0.717) is 0 Å². The molecule has 1 aromatic carbocycles. The van der Waals surface area contributed by atoms with Gasteiger partial charge in [0.2, 0.25) is 0 Å². The summed E-state index contributed by atoms with van der Waals surface area (Å²) in [6.45, 7) is 2.01. The van der Waals surface area contributed by atoms with Gasteiger partial charge < -0.3 is 10.4 Å². The van der Waals surface area contributed by atoms with Gasteiger partial charge in [-0.15, -0.1) is 0 Å². The van der Waals surface area contributed by atoms with Crippen molar-refractivity contribution in [2.45, 2.75) is 13.0 Å². The summed E-state index contributed by atoms with van der Waals surface area (Å²) < 4.78 is 0. The molecule has 0 aliphatic rings. The number of hydrogen-bond donors (Lipinski definition) is 2. The van der Waals surface area contributed by atoms with Gasteiger partial charge in [0.15, 0.2) is 0 Å². The van der Waals surface area contributed by atoms with Crippen molar-refractivity contribution in [2.24, 2.45) is 0 Å². The summed E-state index contributed by atoms with van der Waals surface area (Å²) in [6, 6.07) is 5.74. The maximum absolute atomic E-state index is 9.07. The van der Waals surface area contributed by atoms with E-state index in [2.05, 4.69) is 5.32 Å². The van der Waals surface area contributed by atoms with Crippen molar-refractivity contribution in [1.82, 2.24) is 5.32 Å². The molecule has 72 valence electrons. The van der Waals surface area contributed by atoms with Crippen LogP contribution >= 0.6 is 11.6 Å². The molecule has 2 N–H and O–H groups in total. The number of nitrogens with one attached hydrogen (secondary N) is 1. The normalized spacial score (nSPS) is 12.9. The Kier molecular flexibility index (Phi) is 3.72. The number of likely N-dealkylation sites (N-methyl/N-ethyl adjacent to an activating group) is 1. The molecule has 1 rings (SSSR count). The molecule has 0 saturated carbocycles. The van der Waals surface area contributed by atoms with Crippen molar-refractivity contribution in [1.29, 1.82) is 0 Å². The first-order valence-electron chi connectivity index (χ1n) is 4.23. The number of halogens is 1. The first-order chi connectivity index (χ1) is 6.20. The van der Waals surface area contributed by atoms with E-state index in [1.165, 1.54) is 0 Å². The van der Waals surface area contributed by atoms with E-state index in [1.54, 1.807) is 7.05 Å². The molecular formula is C10H14ClNO. The molecule has 0 fully saturated rings. The van der Waals surface area contributed by atoms with Crippen molar-refractivity contribution >= 4 is 11.6 Å². The van der Waals surface area contributed by atoms with Gasteiger partial charge in [-0.2, -0.15) is 0 Å². The number of hydrogen-bond acceptors (Lipinski definition) is 2. The molecule has 0 radical (unpaired) electrons. The number of aliphatic hydroxyl groups excluding tert-OH is 1. The van der Waals surface area contributed by atoms with Crippen LogP contribution in [0.2, 0.25) is 5.02 Å². The molecule has 0 aromatic heterocycles. The van der Waals surface area contributed by atoms with Gasteiger partial charge >= 0.3 is 0 Å². The molecule has 0 unspecified atom stereocenters. The number of aliphatic hydroxyl groups is 1. The van der Waals surface area contributed by atoms with Crippen molar-refractivity contribution in [2.75, 3.05) is 13.7 Å². The zero-order valence-electron chi connectivity index (χ0n) is 7.84. The number of rotatable bonds is 3. The first kappa shape index (κ1) is 10.5. The van der Waals surface area contributed by atoms with Crippen LogP contribution in [0.5, 0.6) is 0 Å². The lowest BCUT2D eigenvalue weighted by Crippen LogP contribution is -2.20. The van der Waals surface area contributed by atoms with Crippen molar-refractivity contribution in [3.05, 3.63) is 34.3 Å². The second-order valence-electron chi connectivity index (χ2n) is 3.00. The molecule has 2 nitrogen and oxygen atoms in total. The van der Waals surface area contributed by atoms with Crippen LogP contribution in [0.15, 0.2) is 18.2 Å². The van der Waals surface area contributed by atoms with Crippen molar-refractivity contribution < 1.29 is 5.11 Å². The van der Waals surface area contributed by atoms with Crippen molar-refractivity contribution in [3.63, 3.8) is 0 Å². The standard InChI is InChI=1S/C10H14ClNO/c1-7-4-3-5-8(10(7)11)9(6-13)12-2/h3-5,9,12-13H,6H2,1-2H3/t9-/m0/s1. The quantitative estimate of drug-likeness (QED) is 0.780. The zero-order valence-corrected chi connectivity index (χ0v) is 8.60. The summed E-state index contributed by atoms with van der Waals surface area (Å²) in [7, 11) is 1.81. The van der Waals surface area contributed by atoms with Gasteiger partial charge in [0, 0.05) is 5.02 Å². The minimum Gasteiger partial charge on any atom is -0.394 e. The SMILES string of the molecule is CN[C@@H](CO)c1cccc(C)c1Cl. The van der Waals surface area contributed by atoms with Gasteiger partial charge in [-0.1, -0.05) is 29.8 Å². The van der Waals surface area contributed by atoms with Gasteiger partial charge in [-0.25, -0.2) is 0 Å². The molecule has 1 aromatic rings. The fourth-order valence-electron chi connectivity index (χ4n) is 1.28. The lowest BCUT2D eigenvalue weighted by atomic mass is 10.1. The lowest BCUT2D eigenvalue weighted by Gasteiger charge is -2.15. The van der Waals surface area contributed by atoms with Crippen LogP contribution in [0.3, 0.4) is 0 Å². The highest BCUT2D eigenvalue weighted by Crippen LogP contribution is 2.25. The van der Waals surface area contributed by atoms with E-state index in [4.69, 9.17) is 16.7 Å². The van der Waals surface area contributed by atoms with Crippen LogP contribution in [-0.4, -0.2) is 18.8 Å². The Bertz CT molecular complexity index is 284. The Morgan fingerprint density at radius 1 is 1.54 bits per heavy atom. The first-order valence-corrected chi connectivity index (χ1v) is 4.61. The molecule has 13 heavy (non-hydrogen) atoms. The third kappa shape index (κ3) is 2.21. The molecule has 1 atom stereocenters. The predicted octanol–water partition coefficient (Wildman–Crippen LogP) is 1.90. The molecule has 0 amide bonds. The third-order valence-corrected chi connectivity index (χ3v) is 2.64. The number of benzene rings is 1. The fourth-order valence-corrected chi connectivity index (χ4v) is 1.54. The van der Waals surface area contributed by atoms with Crippen LogP contribution in [0.4, 0.5) is 0 Å². The topological polar surface area (TPSA) is 32.3 Å². The zero-order chi connectivity index (χ0) is 9.84. The van der Waals surface area contributed by atoms with Crippen LogP contribution in [0, 0.1) is 6.92 Å². The summed E-state index contributed by atoms with van der Waals surface area (Å²) in [5, 5.41) is 12.8. The molecular weight excluding hydrogens is 186 g/mol. The second kappa shape index (κ2) is 4.61. The Morgan fingerprint density at radius 3 is 2.77 bits per heavy atom. The minimum atomic E-state index is -0.0765. The molecule has 0 spiro atoms. The van der Waals surface area contributed by atoms with Gasteiger partial charge in [0.1, 0.15) is 0 Å². The summed E-state index contributed by atoms with van der Waals surface area (Å²) in [4.78, 5) is 0. The van der Waals surface area contributed by atoms with Gasteiger partial charge in [0.25, 0.3) is 0 Å². The van der Waals surface area contributed by atoms with Crippen LogP contribution in [-0.2, 0) is 0 Å². The largest absolute Gasteiger partial charge is 0.394 e. The third-order valence-electron chi connectivity index (χ3n) is 2.13. The van der Waals surface area contributed by atoms with Gasteiger partial charge in [0.05, 0.1) is 12.6 Å². The van der Waals surface area contributed by atoms with Crippen LogP contribution in [0.1, 0.15) is 17.2 Å². The summed E-state index contributed by atoms with van der Waals surface area (Å²) >= 11 is 6.09. The molecule has 0 bridgehead atoms.